The smallest absolute Gasteiger partial charge is 0.224 e. The molecule has 0 atom stereocenters. The summed E-state index contributed by atoms with van der Waals surface area (Å²) in [5, 5.41) is 3.73. The first-order chi connectivity index (χ1) is 9.66. The number of hydrogen-bond donors (Lipinski definition) is 1. The van der Waals surface area contributed by atoms with E-state index in [1.807, 2.05) is 4.90 Å². The Balaban J connectivity index is 1.75. The first-order valence-electron chi connectivity index (χ1n) is 6.86. The highest BCUT2D eigenvalue weighted by Gasteiger charge is 2.15. The van der Waals surface area contributed by atoms with Crippen molar-refractivity contribution in [3.63, 3.8) is 0 Å². The van der Waals surface area contributed by atoms with Gasteiger partial charge in [-0.1, -0.05) is 18.0 Å². The number of halogens is 2. The Kier molecular flexibility index (Phi) is 5.86. The summed E-state index contributed by atoms with van der Waals surface area (Å²) in [6.07, 6.45) is 6.27. The molecule has 0 spiro atoms. The van der Waals surface area contributed by atoms with Crippen molar-refractivity contribution in [2.24, 2.45) is 0 Å². The summed E-state index contributed by atoms with van der Waals surface area (Å²) in [5.74, 6) is 0.805. The molecule has 1 amide bonds. The SMILES string of the molecule is O=C1CCCCCN1CCCNc1nc(Cl)ncc1Cl. The monoisotopic (exact) mass is 316 g/mol. The number of likely N-dealkylation sites (tertiary alicyclic amines) is 1. The molecule has 0 radical (unpaired) electrons. The van der Waals surface area contributed by atoms with E-state index in [0.717, 1.165) is 38.8 Å². The van der Waals surface area contributed by atoms with Gasteiger partial charge in [0.15, 0.2) is 0 Å². The van der Waals surface area contributed by atoms with Crippen LogP contribution in [-0.2, 0) is 4.79 Å². The molecule has 0 aromatic carbocycles. The molecule has 20 heavy (non-hydrogen) atoms. The van der Waals surface area contributed by atoms with Crippen LogP contribution >= 0.6 is 23.2 Å². The maximum absolute atomic E-state index is 11.8. The van der Waals surface area contributed by atoms with Gasteiger partial charge < -0.3 is 10.2 Å². The number of rotatable bonds is 5. The minimum absolute atomic E-state index is 0.166. The summed E-state index contributed by atoms with van der Waals surface area (Å²) in [6, 6.07) is 0. The Morgan fingerprint density at radius 3 is 3.00 bits per heavy atom. The second-order valence-corrected chi connectivity index (χ2v) is 5.55. The standard InChI is InChI=1S/C13H18Cl2N4O/c14-10-9-17-13(15)18-12(10)16-6-4-8-19-7-3-1-2-5-11(19)20/h9H,1-8H2,(H,16,17,18). The average molecular weight is 317 g/mol. The molecule has 7 heteroatoms. The van der Waals surface area contributed by atoms with Crippen molar-refractivity contribution in [3.05, 3.63) is 16.5 Å². The van der Waals surface area contributed by atoms with E-state index in [0.29, 0.717) is 23.8 Å². The Labute approximate surface area is 128 Å². The summed E-state index contributed by atoms with van der Waals surface area (Å²) < 4.78 is 0. The Bertz CT molecular complexity index is 470. The van der Waals surface area contributed by atoms with Gasteiger partial charge in [0.2, 0.25) is 11.2 Å². The molecular formula is C13H18Cl2N4O. The molecule has 1 aliphatic heterocycles. The molecule has 2 heterocycles. The van der Waals surface area contributed by atoms with Gasteiger partial charge in [0.1, 0.15) is 10.8 Å². The number of carbonyl (C=O) groups is 1. The van der Waals surface area contributed by atoms with Crippen LogP contribution in [0.3, 0.4) is 0 Å². The van der Waals surface area contributed by atoms with Gasteiger partial charge in [-0.3, -0.25) is 4.79 Å². The maximum atomic E-state index is 11.8. The van der Waals surface area contributed by atoms with Crippen molar-refractivity contribution in [2.75, 3.05) is 25.0 Å². The molecule has 0 bridgehead atoms. The topological polar surface area (TPSA) is 58.1 Å². The zero-order valence-electron chi connectivity index (χ0n) is 11.2. The van der Waals surface area contributed by atoms with Gasteiger partial charge in [-0.25, -0.2) is 4.98 Å². The average Bonchev–Trinajstić information content (AvgIpc) is 2.63. The van der Waals surface area contributed by atoms with E-state index in [1.165, 1.54) is 6.20 Å². The number of nitrogens with zero attached hydrogens (tertiary/aromatic N) is 3. The molecule has 1 aromatic rings. The minimum Gasteiger partial charge on any atom is -0.369 e. The van der Waals surface area contributed by atoms with E-state index < -0.39 is 0 Å². The summed E-state index contributed by atoms with van der Waals surface area (Å²) >= 11 is 11.7. The first kappa shape index (κ1) is 15.3. The molecule has 2 rings (SSSR count). The van der Waals surface area contributed by atoms with Crippen molar-refractivity contribution < 1.29 is 4.79 Å². The molecule has 0 saturated carbocycles. The lowest BCUT2D eigenvalue weighted by Crippen LogP contribution is -2.32. The zero-order valence-corrected chi connectivity index (χ0v) is 12.8. The van der Waals surface area contributed by atoms with Crippen LogP contribution in [0.2, 0.25) is 10.3 Å². The van der Waals surface area contributed by atoms with Crippen molar-refractivity contribution in [3.8, 4) is 0 Å². The molecule has 1 aromatic heterocycles. The van der Waals surface area contributed by atoms with Gasteiger partial charge in [0, 0.05) is 26.1 Å². The van der Waals surface area contributed by atoms with Crippen LogP contribution < -0.4 is 5.32 Å². The molecule has 1 saturated heterocycles. The third-order valence-corrected chi connectivity index (χ3v) is 3.74. The number of anilines is 1. The fourth-order valence-electron chi connectivity index (χ4n) is 2.22. The summed E-state index contributed by atoms with van der Waals surface area (Å²) in [5.41, 5.74) is 0. The highest BCUT2D eigenvalue weighted by molar-refractivity contribution is 6.33. The van der Waals surface area contributed by atoms with Gasteiger partial charge in [-0.05, 0) is 30.9 Å². The van der Waals surface area contributed by atoms with Gasteiger partial charge in [-0.15, -0.1) is 0 Å². The lowest BCUT2D eigenvalue weighted by molar-refractivity contribution is -0.130. The minimum atomic E-state index is 0.166. The van der Waals surface area contributed by atoms with E-state index in [1.54, 1.807) is 0 Å². The van der Waals surface area contributed by atoms with E-state index in [4.69, 9.17) is 23.2 Å². The van der Waals surface area contributed by atoms with Crippen LogP contribution in [0.25, 0.3) is 0 Å². The highest BCUT2D eigenvalue weighted by atomic mass is 35.5. The van der Waals surface area contributed by atoms with Gasteiger partial charge >= 0.3 is 0 Å². The molecule has 1 fully saturated rings. The van der Waals surface area contributed by atoms with Crippen LogP contribution in [0.1, 0.15) is 32.1 Å². The predicted octanol–water partition coefficient (Wildman–Crippen LogP) is 2.99. The summed E-state index contributed by atoms with van der Waals surface area (Å²) in [4.78, 5) is 21.6. The Morgan fingerprint density at radius 2 is 2.15 bits per heavy atom. The lowest BCUT2D eigenvalue weighted by atomic mass is 10.2. The van der Waals surface area contributed by atoms with Crippen LogP contribution in [0.15, 0.2) is 6.20 Å². The number of hydrogen-bond acceptors (Lipinski definition) is 4. The van der Waals surface area contributed by atoms with Crippen LogP contribution in [0.4, 0.5) is 5.82 Å². The van der Waals surface area contributed by atoms with Gasteiger partial charge in [-0.2, -0.15) is 4.98 Å². The Morgan fingerprint density at radius 1 is 1.30 bits per heavy atom. The summed E-state index contributed by atoms with van der Waals surface area (Å²) in [6.45, 7) is 2.33. The van der Waals surface area contributed by atoms with Crippen molar-refractivity contribution >= 4 is 34.9 Å². The Hall–Kier alpha value is -1.07. The second-order valence-electron chi connectivity index (χ2n) is 4.81. The molecule has 5 nitrogen and oxygen atoms in total. The molecule has 110 valence electrons. The zero-order chi connectivity index (χ0) is 14.4. The van der Waals surface area contributed by atoms with Gasteiger partial charge in [0.05, 0.1) is 6.20 Å². The lowest BCUT2D eigenvalue weighted by Gasteiger charge is -2.20. The molecule has 1 aliphatic rings. The number of carbonyl (C=O) groups excluding carboxylic acids is 1. The van der Waals surface area contributed by atoms with E-state index >= 15 is 0 Å². The molecule has 0 unspecified atom stereocenters. The largest absolute Gasteiger partial charge is 0.369 e. The number of amides is 1. The third-order valence-electron chi connectivity index (χ3n) is 3.28. The quantitative estimate of drug-likeness (QED) is 0.670. The van der Waals surface area contributed by atoms with Crippen molar-refractivity contribution in [2.45, 2.75) is 32.1 Å². The van der Waals surface area contributed by atoms with E-state index in [2.05, 4.69) is 15.3 Å². The summed E-state index contributed by atoms with van der Waals surface area (Å²) in [7, 11) is 0. The van der Waals surface area contributed by atoms with Crippen molar-refractivity contribution in [1.82, 2.24) is 14.9 Å². The number of nitrogens with one attached hydrogen (secondary N) is 1. The molecule has 1 N–H and O–H groups in total. The van der Waals surface area contributed by atoms with Crippen LogP contribution in [0.5, 0.6) is 0 Å². The fourth-order valence-corrected chi connectivity index (χ4v) is 2.51. The number of aromatic nitrogens is 2. The van der Waals surface area contributed by atoms with Crippen LogP contribution in [-0.4, -0.2) is 40.4 Å². The second kappa shape index (κ2) is 7.64. The van der Waals surface area contributed by atoms with E-state index in [9.17, 15) is 4.79 Å². The molecular weight excluding hydrogens is 299 g/mol. The molecule has 0 aliphatic carbocycles. The van der Waals surface area contributed by atoms with E-state index in [-0.39, 0.29) is 11.2 Å². The maximum Gasteiger partial charge on any atom is 0.224 e. The third kappa shape index (κ3) is 4.49. The van der Waals surface area contributed by atoms with Crippen molar-refractivity contribution in [1.29, 1.82) is 0 Å². The first-order valence-corrected chi connectivity index (χ1v) is 7.62. The normalized spacial score (nSPS) is 16.1. The highest BCUT2D eigenvalue weighted by Crippen LogP contribution is 2.19. The predicted molar refractivity (Wildman–Crippen MR) is 80.2 cm³/mol. The fraction of sp³-hybridized carbons (Fsp3) is 0.615. The van der Waals surface area contributed by atoms with Gasteiger partial charge in [0.25, 0.3) is 0 Å². The van der Waals surface area contributed by atoms with Crippen LogP contribution in [0, 0.1) is 0 Å².